The number of rotatable bonds is 5. The Labute approximate surface area is 128 Å². The minimum atomic E-state index is -0.504. The molecule has 1 atom stereocenters. The lowest BCUT2D eigenvalue weighted by Gasteiger charge is -2.19. The zero-order valence-electron chi connectivity index (χ0n) is 12.2. The molecule has 1 fully saturated rings. The Hall–Kier alpha value is -2.63. The standard InChI is InChI=1S/C16H18N4O2/c17-16(21)14-9-13(4-7-18-14)20-8-5-12(10-20)11-22-15-3-1-2-6-19-15/h1-4,6-7,9,12H,5,8,10-11H2,(H2,17,21). The van der Waals surface area contributed by atoms with Gasteiger partial charge in [0.25, 0.3) is 5.91 Å². The second kappa shape index (κ2) is 6.43. The van der Waals surface area contributed by atoms with Crippen LogP contribution in [0, 0.1) is 5.92 Å². The second-order valence-corrected chi connectivity index (χ2v) is 5.34. The van der Waals surface area contributed by atoms with Crippen molar-refractivity contribution in [1.29, 1.82) is 0 Å². The minimum Gasteiger partial charge on any atom is -0.477 e. The molecule has 2 aromatic rings. The van der Waals surface area contributed by atoms with Gasteiger partial charge in [-0.25, -0.2) is 4.98 Å². The summed E-state index contributed by atoms with van der Waals surface area (Å²) in [7, 11) is 0. The minimum absolute atomic E-state index is 0.297. The highest BCUT2D eigenvalue weighted by molar-refractivity contribution is 5.91. The van der Waals surface area contributed by atoms with Crippen LogP contribution in [0.25, 0.3) is 0 Å². The van der Waals surface area contributed by atoms with Crippen molar-refractivity contribution in [3.8, 4) is 5.88 Å². The van der Waals surface area contributed by atoms with Gasteiger partial charge >= 0.3 is 0 Å². The van der Waals surface area contributed by atoms with Crippen molar-refractivity contribution in [2.24, 2.45) is 11.7 Å². The lowest BCUT2D eigenvalue weighted by Crippen LogP contribution is -2.23. The molecule has 2 N–H and O–H groups in total. The van der Waals surface area contributed by atoms with Gasteiger partial charge in [0.05, 0.1) is 6.61 Å². The lowest BCUT2D eigenvalue weighted by atomic mass is 10.1. The number of pyridine rings is 2. The van der Waals surface area contributed by atoms with E-state index in [1.54, 1.807) is 18.5 Å². The first-order valence-electron chi connectivity index (χ1n) is 7.27. The molecule has 0 spiro atoms. The van der Waals surface area contributed by atoms with Gasteiger partial charge in [-0.15, -0.1) is 0 Å². The summed E-state index contributed by atoms with van der Waals surface area (Å²) in [6, 6.07) is 9.27. The van der Waals surface area contributed by atoms with Gasteiger partial charge in [0.1, 0.15) is 5.69 Å². The van der Waals surface area contributed by atoms with Gasteiger partial charge in [-0.2, -0.15) is 0 Å². The third-order valence-electron chi connectivity index (χ3n) is 3.75. The van der Waals surface area contributed by atoms with Crippen molar-refractivity contribution in [2.45, 2.75) is 6.42 Å². The third kappa shape index (κ3) is 3.33. The lowest BCUT2D eigenvalue weighted by molar-refractivity contribution is 0.0995. The van der Waals surface area contributed by atoms with Crippen LogP contribution in [0.15, 0.2) is 42.7 Å². The molecule has 0 saturated carbocycles. The van der Waals surface area contributed by atoms with Crippen LogP contribution in [-0.4, -0.2) is 35.6 Å². The Bertz CT molecular complexity index is 648. The number of primary amides is 1. The van der Waals surface area contributed by atoms with Crippen LogP contribution in [0.3, 0.4) is 0 Å². The molecular weight excluding hydrogens is 280 g/mol. The maximum absolute atomic E-state index is 11.2. The van der Waals surface area contributed by atoms with Crippen molar-refractivity contribution < 1.29 is 9.53 Å². The van der Waals surface area contributed by atoms with Gasteiger partial charge < -0.3 is 15.4 Å². The predicted octanol–water partition coefficient (Wildman–Crippen LogP) is 1.48. The van der Waals surface area contributed by atoms with Crippen LogP contribution in [0.1, 0.15) is 16.9 Å². The summed E-state index contributed by atoms with van der Waals surface area (Å²) < 4.78 is 5.71. The summed E-state index contributed by atoms with van der Waals surface area (Å²) in [5.74, 6) is 0.587. The van der Waals surface area contributed by atoms with E-state index in [0.29, 0.717) is 24.1 Å². The van der Waals surface area contributed by atoms with E-state index in [1.807, 2.05) is 24.3 Å². The topological polar surface area (TPSA) is 81.3 Å². The summed E-state index contributed by atoms with van der Waals surface area (Å²) in [5, 5.41) is 0. The summed E-state index contributed by atoms with van der Waals surface area (Å²) >= 11 is 0. The number of anilines is 1. The van der Waals surface area contributed by atoms with Crippen LogP contribution in [0.5, 0.6) is 5.88 Å². The first-order valence-corrected chi connectivity index (χ1v) is 7.27. The number of nitrogens with two attached hydrogens (primary N) is 1. The molecule has 6 heteroatoms. The highest BCUT2D eigenvalue weighted by Gasteiger charge is 2.24. The molecule has 1 aliphatic heterocycles. The van der Waals surface area contributed by atoms with Crippen LogP contribution in [0.2, 0.25) is 0 Å². The SMILES string of the molecule is NC(=O)c1cc(N2CCC(COc3ccccn3)C2)ccn1. The van der Waals surface area contributed by atoms with E-state index >= 15 is 0 Å². The molecule has 6 nitrogen and oxygen atoms in total. The van der Waals surface area contributed by atoms with Crippen molar-refractivity contribution in [1.82, 2.24) is 9.97 Å². The van der Waals surface area contributed by atoms with E-state index in [1.165, 1.54) is 0 Å². The fraction of sp³-hybridized carbons (Fsp3) is 0.312. The Morgan fingerprint density at radius 3 is 3.00 bits per heavy atom. The van der Waals surface area contributed by atoms with Gasteiger partial charge in [-0.3, -0.25) is 9.78 Å². The Balaban J connectivity index is 1.58. The van der Waals surface area contributed by atoms with E-state index < -0.39 is 5.91 Å². The second-order valence-electron chi connectivity index (χ2n) is 5.34. The van der Waals surface area contributed by atoms with Crippen LogP contribution in [0.4, 0.5) is 5.69 Å². The van der Waals surface area contributed by atoms with E-state index in [2.05, 4.69) is 14.9 Å². The molecule has 1 aliphatic rings. The average molecular weight is 298 g/mol. The summed E-state index contributed by atoms with van der Waals surface area (Å²) in [5.41, 5.74) is 6.55. The van der Waals surface area contributed by atoms with Crippen LogP contribution >= 0.6 is 0 Å². The number of hydrogen-bond acceptors (Lipinski definition) is 5. The molecule has 0 radical (unpaired) electrons. The highest BCUT2D eigenvalue weighted by Crippen LogP contribution is 2.24. The normalized spacial score (nSPS) is 17.5. The fourth-order valence-electron chi connectivity index (χ4n) is 2.59. The Morgan fingerprint density at radius 1 is 1.32 bits per heavy atom. The summed E-state index contributed by atoms with van der Waals surface area (Å²) in [4.78, 5) is 21.6. The van der Waals surface area contributed by atoms with Gasteiger partial charge in [0.15, 0.2) is 0 Å². The number of hydrogen-bond donors (Lipinski definition) is 1. The van der Waals surface area contributed by atoms with E-state index in [0.717, 1.165) is 25.2 Å². The monoisotopic (exact) mass is 298 g/mol. The Kier molecular flexibility index (Phi) is 4.18. The maximum Gasteiger partial charge on any atom is 0.267 e. The number of ether oxygens (including phenoxy) is 1. The summed E-state index contributed by atoms with van der Waals surface area (Å²) in [6.45, 7) is 2.45. The van der Waals surface area contributed by atoms with E-state index in [4.69, 9.17) is 10.5 Å². The first-order chi connectivity index (χ1) is 10.7. The number of carbonyl (C=O) groups is 1. The number of aromatic nitrogens is 2. The van der Waals surface area contributed by atoms with Crippen molar-refractivity contribution >= 4 is 11.6 Å². The largest absolute Gasteiger partial charge is 0.477 e. The van der Waals surface area contributed by atoms with E-state index in [-0.39, 0.29) is 0 Å². The average Bonchev–Trinajstić information content (AvgIpc) is 3.03. The molecule has 3 rings (SSSR count). The molecule has 22 heavy (non-hydrogen) atoms. The smallest absolute Gasteiger partial charge is 0.267 e. The number of carbonyl (C=O) groups excluding carboxylic acids is 1. The molecule has 3 heterocycles. The van der Waals surface area contributed by atoms with Crippen molar-refractivity contribution in [2.75, 3.05) is 24.6 Å². The zero-order valence-corrected chi connectivity index (χ0v) is 12.2. The molecule has 1 saturated heterocycles. The third-order valence-corrected chi connectivity index (χ3v) is 3.75. The summed E-state index contributed by atoms with van der Waals surface area (Å²) in [6.07, 6.45) is 4.38. The van der Waals surface area contributed by atoms with Crippen molar-refractivity contribution in [3.05, 3.63) is 48.4 Å². The molecular formula is C16H18N4O2. The predicted molar refractivity (Wildman–Crippen MR) is 82.8 cm³/mol. The number of amides is 1. The molecule has 0 bridgehead atoms. The zero-order chi connectivity index (χ0) is 15.4. The molecule has 0 aromatic carbocycles. The van der Waals surface area contributed by atoms with Crippen LogP contribution in [-0.2, 0) is 0 Å². The first kappa shape index (κ1) is 14.3. The van der Waals surface area contributed by atoms with Gasteiger partial charge in [0.2, 0.25) is 5.88 Å². The van der Waals surface area contributed by atoms with Crippen molar-refractivity contribution in [3.63, 3.8) is 0 Å². The fourth-order valence-corrected chi connectivity index (χ4v) is 2.59. The van der Waals surface area contributed by atoms with Gasteiger partial charge in [0, 0.05) is 43.2 Å². The molecule has 0 aliphatic carbocycles. The quantitative estimate of drug-likeness (QED) is 0.904. The molecule has 1 unspecified atom stereocenters. The molecule has 114 valence electrons. The maximum atomic E-state index is 11.2. The van der Waals surface area contributed by atoms with Gasteiger partial charge in [-0.05, 0) is 24.6 Å². The number of nitrogens with zero attached hydrogens (tertiary/aromatic N) is 3. The van der Waals surface area contributed by atoms with Gasteiger partial charge in [-0.1, -0.05) is 6.07 Å². The molecule has 1 amide bonds. The Morgan fingerprint density at radius 2 is 2.23 bits per heavy atom. The van der Waals surface area contributed by atoms with E-state index in [9.17, 15) is 4.79 Å². The molecule has 2 aromatic heterocycles. The highest BCUT2D eigenvalue weighted by atomic mass is 16.5. The van der Waals surface area contributed by atoms with Crippen LogP contribution < -0.4 is 15.4 Å².